The van der Waals surface area contributed by atoms with Gasteiger partial charge in [-0.15, -0.1) is 0 Å². The molecule has 0 saturated carbocycles. The molecule has 22 heavy (non-hydrogen) atoms. The molecule has 1 aromatic rings. The summed E-state index contributed by atoms with van der Waals surface area (Å²) in [5, 5.41) is 20.7. The molecule has 120 valence electrons. The Morgan fingerprint density at radius 1 is 1.41 bits per heavy atom. The molecule has 0 radical (unpaired) electrons. The number of hydrogen-bond donors (Lipinski definition) is 1. The van der Waals surface area contributed by atoms with Crippen LogP contribution in [-0.4, -0.2) is 35.3 Å². The van der Waals surface area contributed by atoms with Crippen molar-refractivity contribution in [2.75, 3.05) is 24.6 Å². The number of piperidine rings is 1. The summed E-state index contributed by atoms with van der Waals surface area (Å²) in [6.45, 7) is 5.64. The highest BCUT2D eigenvalue weighted by Gasteiger charge is 2.34. The first kappa shape index (κ1) is 15.1. The Bertz CT molecular complexity index is 592. The van der Waals surface area contributed by atoms with Gasteiger partial charge in [0.15, 0.2) is 0 Å². The zero-order chi connectivity index (χ0) is 15.9. The van der Waals surface area contributed by atoms with E-state index in [1.54, 1.807) is 6.07 Å². The van der Waals surface area contributed by atoms with E-state index < -0.39 is 0 Å². The third-order valence-corrected chi connectivity index (χ3v) is 4.57. The molecule has 6 nitrogen and oxygen atoms in total. The van der Waals surface area contributed by atoms with Crippen molar-refractivity contribution in [2.24, 2.45) is 5.92 Å². The number of hydrogen-bond acceptors (Lipinski definition) is 5. The molecule has 1 N–H and O–H groups in total. The highest BCUT2D eigenvalue weighted by molar-refractivity contribution is 5.69. The van der Waals surface area contributed by atoms with Crippen LogP contribution >= 0.6 is 0 Å². The number of benzene rings is 1. The molecular formula is C16H22N2O4. The Morgan fingerprint density at radius 2 is 2.09 bits per heavy atom. The molecule has 0 bridgehead atoms. The van der Waals surface area contributed by atoms with Gasteiger partial charge in [-0.3, -0.25) is 10.1 Å². The SMILES string of the molecule is CC1(C)Cc2cc([N+](=O)[O-])c(N3CCC(CO)CC3)cc2O1. The normalized spacial score (nSPS) is 20.6. The number of anilines is 1. The average Bonchev–Trinajstić information content (AvgIpc) is 2.78. The number of rotatable bonds is 3. The molecule has 0 unspecified atom stereocenters. The van der Waals surface area contributed by atoms with Crippen LogP contribution in [-0.2, 0) is 6.42 Å². The Balaban J connectivity index is 1.92. The minimum Gasteiger partial charge on any atom is -0.487 e. The molecule has 0 aromatic heterocycles. The van der Waals surface area contributed by atoms with Crippen molar-refractivity contribution in [2.45, 2.75) is 38.7 Å². The van der Waals surface area contributed by atoms with Gasteiger partial charge < -0.3 is 14.7 Å². The second kappa shape index (κ2) is 5.43. The van der Waals surface area contributed by atoms with Gasteiger partial charge in [-0.25, -0.2) is 0 Å². The van der Waals surface area contributed by atoms with Crippen LogP contribution in [0.25, 0.3) is 0 Å². The molecule has 1 aromatic carbocycles. The lowest BCUT2D eigenvalue weighted by Crippen LogP contribution is -2.35. The van der Waals surface area contributed by atoms with Crippen LogP contribution in [0.2, 0.25) is 0 Å². The van der Waals surface area contributed by atoms with Crippen molar-refractivity contribution in [3.05, 3.63) is 27.8 Å². The molecule has 2 heterocycles. The van der Waals surface area contributed by atoms with Crippen LogP contribution in [0.15, 0.2) is 12.1 Å². The van der Waals surface area contributed by atoms with E-state index in [9.17, 15) is 15.2 Å². The van der Waals surface area contributed by atoms with E-state index in [-0.39, 0.29) is 22.8 Å². The molecule has 3 rings (SSSR count). The molecule has 2 aliphatic heterocycles. The zero-order valence-corrected chi connectivity index (χ0v) is 13.0. The van der Waals surface area contributed by atoms with Crippen molar-refractivity contribution >= 4 is 11.4 Å². The van der Waals surface area contributed by atoms with Gasteiger partial charge in [0.1, 0.15) is 17.0 Å². The fraction of sp³-hybridized carbons (Fsp3) is 0.625. The Labute approximate surface area is 129 Å². The highest BCUT2D eigenvalue weighted by atomic mass is 16.6. The van der Waals surface area contributed by atoms with Gasteiger partial charge >= 0.3 is 0 Å². The number of nitrogens with zero attached hydrogens (tertiary/aromatic N) is 2. The Morgan fingerprint density at radius 3 is 2.68 bits per heavy atom. The minimum atomic E-state index is -0.307. The molecule has 0 spiro atoms. The fourth-order valence-electron chi connectivity index (χ4n) is 3.38. The molecule has 1 fully saturated rings. The standard InChI is InChI=1S/C16H22N2O4/c1-16(2)9-12-7-14(18(20)21)13(8-15(12)22-16)17-5-3-11(10-19)4-6-17/h7-8,11,19H,3-6,9-10H2,1-2H3. The van der Waals surface area contributed by atoms with Crippen LogP contribution in [0.3, 0.4) is 0 Å². The second-order valence-electron chi connectivity index (χ2n) is 6.86. The van der Waals surface area contributed by atoms with Crippen LogP contribution in [0.1, 0.15) is 32.3 Å². The van der Waals surface area contributed by atoms with Crippen molar-refractivity contribution < 1.29 is 14.8 Å². The van der Waals surface area contributed by atoms with Crippen LogP contribution < -0.4 is 9.64 Å². The van der Waals surface area contributed by atoms with E-state index in [2.05, 4.69) is 0 Å². The smallest absolute Gasteiger partial charge is 0.293 e. The maximum Gasteiger partial charge on any atom is 0.293 e. The number of aliphatic hydroxyl groups excluding tert-OH is 1. The summed E-state index contributed by atoms with van der Waals surface area (Å²) in [6.07, 6.45) is 2.41. The fourth-order valence-corrected chi connectivity index (χ4v) is 3.38. The topological polar surface area (TPSA) is 75.8 Å². The van der Waals surface area contributed by atoms with Crippen molar-refractivity contribution in [1.29, 1.82) is 0 Å². The van der Waals surface area contributed by atoms with Crippen molar-refractivity contribution in [3.8, 4) is 5.75 Å². The third kappa shape index (κ3) is 2.75. The summed E-state index contributed by atoms with van der Waals surface area (Å²) in [6, 6.07) is 3.49. The quantitative estimate of drug-likeness (QED) is 0.686. The monoisotopic (exact) mass is 306 g/mol. The van der Waals surface area contributed by atoms with E-state index in [0.717, 1.165) is 37.2 Å². The van der Waals surface area contributed by atoms with Crippen molar-refractivity contribution in [1.82, 2.24) is 0 Å². The van der Waals surface area contributed by atoms with Crippen LogP contribution in [0.4, 0.5) is 11.4 Å². The van der Waals surface area contributed by atoms with Gasteiger partial charge in [0.25, 0.3) is 5.69 Å². The van der Waals surface area contributed by atoms with E-state index in [0.29, 0.717) is 18.0 Å². The summed E-state index contributed by atoms with van der Waals surface area (Å²) >= 11 is 0. The number of nitro groups is 1. The first-order chi connectivity index (χ1) is 10.4. The highest BCUT2D eigenvalue weighted by Crippen LogP contribution is 2.43. The lowest BCUT2D eigenvalue weighted by Gasteiger charge is -2.32. The molecule has 0 amide bonds. The van der Waals surface area contributed by atoms with E-state index in [1.807, 2.05) is 24.8 Å². The third-order valence-electron chi connectivity index (χ3n) is 4.57. The molecule has 0 aliphatic carbocycles. The molecule has 1 saturated heterocycles. The van der Waals surface area contributed by atoms with Gasteiger partial charge in [-0.2, -0.15) is 0 Å². The summed E-state index contributed by atoms with van der Waals surface area (Å²) < 4.78 is 5.91. The molecule has 0 atom stereocenters. The Kier molecular flexibility index (Phi) is 3.72. The number of ether oxygens (including phenoxy) is 1. The largest absolute Gasteiger partial charge is 0.487 e. The Hall–Kier alpha value is -1.82. The van der Waals surface area contributed by atoms with E-state index >= 15 is 0 Å². The minimum absolute atomic E-state index is 0.155. The number of nitro benzene ring substituents is 1. The van der Waals surface area contributed by atoms with Gasteiger partial charge in [-0.05, 0) is 32.6 Å². The van der Waals surface area contributed by atoms with Crippen molar-refractivity contribution in [3.63, 3.8) is 0 Å². The van der Waals surface area contributed by atoms with Gasteiger partial charge in [0.05, 0.1) is 4.92 Å². The predicted molar refractivity (Wildman–Crippen MR) is 83.5 cm³/mol. The summed E-state index contributed by atoms with van der Waals surface area (Å²) in [4.78, 5) is 13.2. The molecular weight excluding hydrogens is 284 g/mol. The van der Waals surface area contributed by atoms with Gasteiger partial charge in [-0.1, -0.05) is 0 Å². The molecule has 2 aliphatic rings. The second-order valence-corrected chi connectivity index (χ2v) is 6.86. The zero-order valence-electron chi connectivity index (χ0n) is 13.0. The lowest BCUT2D eigenvalue weighted by atomic mass is 9.96. The maximum atomic E-state index is 11.4. The lowest BCUT2D eigenvalue weighted by molar-refractivity contribution is -0.384. The summed E-state index contributed by atoms with van der Waals surface area (Å²) in [5.41, 5.74) is 1.39. The maximum absolute atomic E-state index is 11.4. The van der Waals surface area contributed by atoms with Gasteiger partial charge in [0, 0.05) is 43.8 Å². The van der Waals surface area contributed by atoms with E-state index in [4.69, 9.17) is 4.74 Å². The number of fused-ring (bicyclic) bond motifs is 1. The predicted octanol–water partition coefficient (Wildman–Crippen LogP) is 2.52. The first-order valence-corrected chi connectivity index (χ1v) is 7.76. The average molecular weight is 306 g/mol. The van der Waals surface area contributed by atoms with Gasteiger partial charge in [0.2, 0.25) is 0 Å². The first-order valence-electron chi connectivity index (χ1n) is 7.76. The number of aliphatic hydroxyl groups is 1. The summed E-state index contributed by atoms with van der Waals surface area (Å²) in [7, 11) is 0. The van der Waals surface area contributed by atoms with Crippen LogP contribution in [0, 0.1) is 16.0 Å². The van der Waals surface area contributed by atoms with E-state index in [1.165, 1.54) is 0 Å². The molecule has 6 heteroatoms. The van der Waals surface area contributed by atoms with Crippen LogP contribution in [0.5, 0.6) is 5.75 Å². The summed E-state index contributed by atoms with van der Waals surface area (Å²) in [5.74, 6) is 1.06.